The van der Waals surface area contributed by atoms with Gasteiger partial charge in [-0.15, -0.1) is 0 Å². The van der Waals surface area contributed by atoms with Gasteiger partial charge in [0.1, 0.15) is 0 Å². The van der Waals surface area contributed by atoms with E-state index in [1.165, 1.54) is 0 Å². The van der Waals surface area contributed by atoms with E-state index in [-0.39, 0.29) is 12.8 Å². The van der Waals surface area contributed by atoms with Crippen LogP contribution in [-0.4, -0.2) is 35.0 Å². The first-order valence-electron chi connectivity index (χ1n) is 6.78. The topological polar surface area (TPSA) is 66.8 Å². The standard InChI is InChI=1S/C15H21ClO4/c1-2-20-15(19)10-13(18)9-12(17)8-7-11-5-3-4-6-14(11)16/h3-6,12-13,17-18H,2,7-10H2,1H3. The average molecular weight is 301 g/mol. The number of aryl methyl sites for hydroxylation is 1. The molecular weight excluding hydrogens is 280 g/mol. The van der Waals surface area contributed by atoms with Crippen molar-refractivity contribution >= 4 is 17.6 Å². The van der Waals surface area contributed by atoms with E-state index in [1.54, 1.807) is 13.0 Å². The van der Waals surface area contributed by atoms with Crippen molar-refractivity contribution in [3.8, 4) is 0 Å². The minimum absolute atomic E-state index is 0.0863. The molecule has 0 radical (unpaired) electrons. The third kappa shape index (κ3) is 6.37. The number of ether oxygens (including phenoxy) is 1. The van der Waals surface area contributed by atoms with E-state index in [4.69, 9.17) is 16.3 Å². The predicted molar refractivity (Wildman–Crippen MR) is 77.7 cm³/mol. The Morgan fingerprint density at radius 1 is 1.30 bits per heavy atom. The van der Waals surface area contributed by atoms with Crippen molar-refractivity contribution in [2.75, 3.05) is 6.61 Å². The van der Waals surface area contributed by atoms with Crippen LogP contribution in [0.15, 0.2) is 24.3 Å². The van der Waals surface area contributed by atoms with Gasteiger partial charge in [-0.2, -0.15) is 0 Å². The van der Waals surface area contributed by atoms with E-state index in [1.807, 2.05) is 18.2 Å². The van der Waals surface area contributed by atoms with Crippen molar-refractivity contribution in [1.29, 1.82) is 0 Å². The Hall–Kier alpha value is -1.10. The zero-order chi connectivity index (χ0) is 15.0. The Kier molecular flexibility index (Phi) is 7.59. The second-order valence-electron chi connectivity index (χ2n) is 4.68. The number of hydrogen-bond acceptors (Lipinski definition) is 4. The predicted octanol–water partition coefficient (Wildman–Crippen LogP) is 2.34. The van der Waals surface area contributed by atoms with Gasteiger partial charge < -0.3 is 14.9 Å². The summed E-state index contributed by atoms with van der Waals surface area (Å²) in [4.78, 5) is 11.2. The third-order valence-electron chi connectivity index (χ3n) is 2.96. The molecule has 0 spiro atoms. The van der Waals surface area contributed by atoms with Gasteiger partial charge in [-0.1, -0.05) is 29.8 Å². The second-order valence-corrected chi connectivity index (χ2v) is 5.09. The smallest absolute Gasteiger partial charge is 0.308 e. The highest BCUT2D eigenvalue weighted by molar-refractivity contribution is 6.31. The summed E-state index contributed by atoms with van der Waals surface area (Å²) in [6, 6.07) is 7.46. The number of aliphatic hydroxyl groups is 2. The molecule has 0 aliphatic heterocycles. The number of rotatable bonds is 8. The fourth-order valence-electron chi connectivity index (χ4n) is 1.95. The van der Waals surface area contributed by atoms with Gasteiger partial charge in [-0.25, -0.2) is 0 Å². The Bertz CT molecular complexity index is 422. The zero-order valence-electron chi connectivity index (χ0n) is 11.6. The minimum Gasteiger partial charge on any atom is -0.466 e. The average Bonchev–Trinajstić information content (AvgIpc) is 2.37. The number of carbonyl (C=O) groups excluding carboxylic acids is 1. The summed E-state index contributed by atoms with van der Waals surface area (Å²) in [7, 11) is 0. The Morgan fingerprint density at radius 2 is 2.00 bits per heavy atom. The molecule has 0 heterocycles. The summed E-state index contributed by atoms with van der Waals surface area (Å²) in [6.07, 6.45) is -0.359. The van der Waals surface area contributed by atoms with Crippen molar-refractivity contribution < 1.29 is 19.7 Å². The lowest BCUT2D eigenvalue weighted by molar-refractivity contribution is -0.145. The molecule has 0 fully saturated rings. The first kappa shape index (κ1) is 17.0. The maximum absolute atomic E-state index is 11.2. The number of benzene rings is 1. The SMILES string of the molecule is CCOC(=O)CC(O)CC(O)CCc1ccccc1Cl. The molecule has 0 saturated heterocycles. The summed E-state index contributed by atoms with van der Waals surface area (Å²) in [6.45, 7) is 2.00. The number of halogens is 1. The molecule has 0 aliphatic carbocycles. The van der Waals surface area contributed by atoms with Gasteiger partial charge in [0.05, 0.1) is 25.2 Å². The van der Waals surface area contributed by atoms with Gasteiger partial charge in [-0.05, 0) is 37.8 Å². The highest BCUT2D eigenvalue weighted by atomic mass is 35.5. The fraction of sp³-hybridized carbons (Fsp3) is 0.533. The van der Waals surface area contributed by atoms with Gasteiger partial charge in [0, 0.05) is 5.02 Å². The van der Waals surface area contributed by atoms with Crippen LogP contribution in [0, 0.1) is 0 Å². The third-order valence-corrected chi connectivity index (χ3v) is 3.33. The minimum atomic E-state index is -0.879. The molecule has 1 aromatic carbocycles. The molecule has 0 aromatic heterocycles. The lowest BCUT2D eigenvalue weighted by Gasteiger charge is -2.15. The van der Waals surface area contributed by atoms with Crippen molar-refractivity contribution in [2.45, 2.75) is 44.8 Å². The van der Waals surface area contributed by atoms with Gasteiger partial charge in [-0.3, -0.25) is 4.79 Å². The van der Waals surface area contributed by atoms with Crippen molar-refractivity contribution in [3.63, 3.8) is 0 Å². The number of esters is 1. The molecule has 2 N–H and O–H groups in total. The summed E-state index contributed by atoms with van der Waals surface area (Å²) < 4.78 is 4.74. The molecule has 0 saturated carbocycles. The number of aliphatic hydroxyl groups excluding tert-OH is 2. The summed E-state index contributed by atoms with van der Waals surface area (Å²) in [5, 5.41) is 20.2. The molecule has 1 aromatic rings. The molecule has 2 atom stereocenters. The van der Waals surface area contributed by atoms with Crippen LogP contribution in [0.4, 0.5) is 0 Å². The molecular formula is C15H21ClO4. The summed E-state index contributed by atoms with van der Waals surface area (Å²) >= 11 is 6.02. The maximum Gasteiger partial charge on any atom is 0.308 e. The zero-order valence-corrected chi connectivity index (χ0v) is 12.3. The monoisotopic (exact) mass is 300 g/mol. The van der Waals surface area contributed by atoms with Crippen LogP contribution < -0.4 is 0 Å². The summed E-state index contributed by atoms with van der Waals surface area (Å²) in [5.74, 6) is -0.446. The molecule has 0 amide bonds. The van der Waals surface area contributed by atoms with Crippen LogP contribution in [-0.2, 0) is 16.0 Å². The van der Waals surface area contributed by atoms with Crippen LogP contribution in [0.3, 0.4) is 0 Å². The van der Waals surface area contributed by atoms with E-state index in [9.17, 15) is 15.0 Å². The first-order valence-corrected chi connectivity index (χ1v) is 7.15. The van der Waals surface area contributed by atoms with E-state index in [2.05, 4.69) is 0 Å². The number of hydrogen-bond donors (Lipinski definition) is 2. The fourth-order valence-corrected chi connectivity index (χ4v) is 2.18. The van der Waals surface area contributed by atoms with Crippen molar-refractivity contribution in [2.24, 2.45) is 0 Å². The van der Waals surface area contributed by atoms with E-state index < -0.39 is 18.2 Å². The molecule has 2 unspecified atom stereocenters. The molecule has 1 rings (SSSR count). The van der Waals surface area contributed by atoms with Crippen LogP contribution in [0.2, 0.25) is 5.02 Å². The van der Waals surface area contributed by atoms with Crippen LogP contribution in [0.1, 0.15) is 31.7 Å². The van der Waals surface area contributed by atoms with Gasteiger partial charge in [0.15, 0.2) is 0 Å². The molecule has 4 nitrogen and oxygen atoms in total. The van der Waals surface area contributed by atoms with Crippen LogP contribution in [0.25, 0.3) is 0 Å². The second kappa shape index (κ2) is 8.95. The highest BCUT2D eigenvalue weighted by Crippen LogP contribution is 2.18. The van der Waals surface area contributed by atoms with E-state index in [0.29, 0.717) is 24.5 Å². The lowest BCUT2D eigenvalue weighted by atomic mass is 10.0. The lowest BCUT2D eigenvalue weighted by Crippen LogP contribution is -2.22. The summed E-state index contributed by atoms with van der Waals surface area (Å²) in [5.41, 5.74) is 0.966. The Balaban J connectivity index is 2.31. The largest absolute Gasteiger partial charge is 0.466 e. The van der Waals surface area contributed by atoms with Crippen LogP contribution >= 0.6 is 11.6 Å². The molecule has 0 aliphatic rings. The molecule has 20 heavy (non-hydrogen) atoms. The van der Waals surface area contributed by atoms with Gasteiger partial charge in [0.25, 0.3) is 0 Å². The number of carbonyl (C=O) groups is 1. The Morgan fingerprint density at radius 3 is 2.65 bits per heavy atom. The molecule has 112 valence electrons. The normalized spacial score (nSPS) is 13.8. The van der Waals surface area contributed by atoms with Gasteiger partial charge >= 0.3 is 5.97 Å². The maximum atomic E-state index is 11.2. The van der Waals surface area contributed by atoms with Crippen molar-refractivity contribution in [1.82, 2.24) is 0 Å². The van der Waals surface area contributed by atoms with E-state index >= 15 is 0 Å². The van der Waals surface area contributed by atoms with E-state index in [0.717, 1.165) is 5.56 Å². The van der Waals surface area contributed by atoms with Gasteiger partial charge in [0.2, 0.25) is 0 Å². The van der Waals surface area contributed by atoms with Crippen LogP contribution in [0.5, 0.6) is 0 Å². The Labute approximate surface area is 124 Å². The highest BCUT2D eigenvalue weighted by Gasteiger charge is 2.16. The van der Waals surface area contributed by atoms with Crippen molar-refractivity contribution in [3.05, 3.63) is 34.9 Å². The first-order chi connectivity index (χ1) is 9.52. The molecule has 5 heteroatoms. The molecule has 0 bridgehead atoms. The quantitative estimate of drug-likeness (QED) is 0.723.